The molecule has 0 spiro atoms. The van der Waals surface area contributed by atoms with Crippen molar-refractivity contribution in [3.05, 3.63) is 53.5 Å². The minimum atomic E-state index is -0.939. The van der Waals surface area contributed by atoms with Gasteiger partial charge in [0.05, 0.1) is 6.42 Å². The number of halogens is 1. The fraction of sp³-hybridized carbons (Fsp3) is 0.429. The molecule has 27 heavy (non-hydrogen) atoms. The maximum atomic E-state index is 14.3. The van der Waals surface area contributed by atoms with Crippen LogP contribution in [0.25, 0.3) is 0 Å². The molecule has 1 aliphatic rings. The monoisotopic (exact) mass is 389 g/mol. The summed E-state index contributed by atoms with van der Waals surface area (Å²) < 4.78 is 20.1. The molecule has 0 amide bonds. The van der Waals surface area contributed by atoms with E-state index in [2.05, 4.69) is 4.98 Å². The summed E-state index contributed by atoms with van der Waals surface area (Å²) in [6, 6.07) is 8.50. The molecule has 3 rings (SSSR count). The first-order valence-corrected chi connectivity index (χ1v) is 10.2. The van der Waals surface area contributed by atoms with Crippen molar-refractivity contribution in [2.75, 3.05) is 0 Å². The van der Waals surface area contributed by atoms with Crippen LogP contribution in [-0.4, -0.2) is 21.3 Å². The van der Waals surface area contributed by atoms with Gasteiger partial charge in [0.15, 0.2) is 0 Å². The van der Waals surface area contributed by atoms with Crippen molar-refractivity contribution in [1.82, 2.24) is 4.98 Å². The van der Waals surface area contributed by atoms with E-state index < -0.39 is 11.8 Å². The van der Waals surface area contributed by atoms with Crippen LogP contribution in [0.3, 0.4) is 0 Å². The Balaban J connectivity index is 1.65. The van der Waals surface area contributed by atoms with Gasteiger partial charge in [-0.2, -0.15) is 0 Å². The van der Waals surface area contributed by atoms with Crippen molar-refractivity contribution in [1.29, 1.82) is 0 Å². The predicted molar refractivity (Wildman–Crippen MR) is 104 cm³/mol. The Morgan fingerprint density at radius 3 is 2.85 bits per heavy atom. The molecule has 1 N–H and O–H groups in total. The van der Waals surface area contributed by atoms with Crippen LogP contribution < -0.4 is 4.74 Å². The smallest absolute Gasteiger partial charge is 0.303 e. The highest BCUT2D eigenvalue weighted by molar-refractivity contribution is 7.99. The Hall–Kier alpha value is -2.08. The molecule has 1 fully saturated rings. The molecule has 4 nitrogen and oxygen atoms in total. The molecule has 1 atom stereocenters. The number of pyridine rings is 1. The van der Waals surface area contributed by atoms with Gasteiger partial charge >= 0.3 is 5.97 Å². The predicted octanol–water partition coefficient (Wildman–Crippen LogP) is 5.41. The van der Waals surface area contributed by atoms with E-state index in [1.165, 1.54) is 31.7 Å². The number of carboxylic acid groups (broad SMARTS) is 1. The Bertz CT molecular complexity index is 793. The molecule has 1 heterocycles. The van der Waals surface area contributed by atoms with Crippen LogP contribution >= 0.6 is 11.8 Å². The number of hydrogen-bond acceptors (Lipinski definition) is 4. The molecule has 144 valence electrons. The number of aromatic nitrogens is 1. The van der Waals surface area contributed by atoms with Crippen LogP contribution in [0.4, 0.5) is 4.39 Å². The molecule has 1 aromatic heterocycles. The zero-order valence-electron chi connectivity index (χ0n) is 15.4. The van der Waals surface area contributed by atoms with Gasteiger partial charge in [0.2, 0.25) is 0 Å². The first-order valence-electron chi connectivity index (χ1n) is 9.27. The van der Waals surface area contributed by atoms with E-state index in [1.807, 2.05) is 23.9 Å². The van der Waals surface area contributed by atoms with Crippen LogP contribution in [-0.2, 0) is 11.4 Å². The first-order chi connectivity index (χ1) is 13.0. The van der Waals surface area contributed by atoms with Crippen LogP contribution in [0.2, 0.25) is 0 Å². The topological polar surface area (TPSA) is 59.4 Å². The summed E-state index contributed by atoms with van der Waals surface area (Å²) in [4.78, 5) is 15.3. The average Bonchev–Trinajstić information content (AvgIpc) is 3.13. The fourth-order valence-electron chi connectivity index (χ4n) is 3.33. The summed E-state index contributed by atoms with van der Waals surface area (Å²) in [5, 5.41) is 10.5. The molecule has 0 aliphatic heterocycles. The molecule has 1 saturated carbocycles. The molecular formula is C21H24FNO3S. The van der Waals surface area contributed by atoms with E-state index in [0.717, 1.165) is 10.6 Å². The second-order valence-electron chi connectivity index (χ2n) is 6.96. The second-order valence-corrected chi connectivity index (χ2v) is 8.25. The van der Waals surface area contributed by atoms with Crippen molar-refractivity contribution in [3.8, 4) is 5.75 Å². The van der Waals surface area contributed by atoms with Gasteiger partial charge in [-0.05, 0) is 36.5 Å². The van der Waals surface area contributed by atoms with Crippen LogP contribution in [0.15, 0.2) is 41.6 Å². The molecule has 1 aromatic carbocycles. The van der Waals surface area contributed by atoms with Gasteiger partial charge < -0.3 is 9.84 Å². The molecule has 1 unspecified atom stereocenters. The number of carboxylic acids is 1. The van der Waals surface area contributed by atoms with E-state index in [9.17, 15) is 9.18 Å². The van der Waals surface area contributed by atoms with Crippen molar-refractivity contribution in [3.63, 3.8) is 0 Å². The summed E-state index contributed by atoms with van der Waals surface area (Å²) in [7, 11) is 0. The summed E-state index contributed by atoms with van der Waals surface area (Å²) in [5.41, 5.74) is 1.39. The van der Waals surface area contributed by atoms with E-state index in [-0.39, 0.29) is 12.3 Å². The third kappa shape index (κ3) is 5.45. The Labute approximate surface area is 163 Å². The molecule has 0 saturated heterocycles. The van der Waals surface area contributed by atoms with E-state index in [4.69, 9.17) is 9.84 Å². The maximum Gasteiger partial charge on any atom is 0.303 e. The number of nitrogens with zero attached hydrogens (tertiary/aromatic N) is 1. The molecule has 6 heteroatoms. The number of benzene rings is 1. The van der Waals surface area contributed by atoms with Crippen molar-refractivity contribution in [2.45, 2.75) is 61.8 Å². The zero-order valence-corrected chi connectivity index (χ0v) is 16.2. The number of aliphatic carboxylic acids is 1. The largest absolute Gasteiger partial charge is 0.489 e. The molecule has 1 aliphatic carbocycles. The summed E-state index contributed by atoms with van der Waals surface area (Å²) in [5.74, 6) is -1.33. The minimum Gasteiger partial charge on any atom is -0.489 e. The van der Waals surface area contributed by atoms with E-state index >= 15 is 0 Å². The van der Waals surface area contributed by atoms with E-state index in [0.29, 0.717) is 23.2 Å². The van der Waals surface area contributed by atoms with Crippen molar-refractivity contribution < 1.29 is 19.0 Å². The molecular weight excluding hydrogens is 365 g/mol. The van der Waals surface area contributed by atoms with Gasteiger partial charge in [0.25, 0.3) is 0 Å². The fourth-order valence-corrected chi connectivity index (χ4v) is 4.62. The summed E-state index contributed by atoms with van der Waals surface area (Å²) >= 11 is 1.81. The van der Waals surface area contributed by atoms with Gasteiger partial charge in [-0.1, -0.05) is 31.9 Å². The normalized spacial score (nSPS) is 15.6. The lowest BCUT2D eigenvalue weighted by Crippen LogP contribution is -2.05. The maximum absolute atomic E-state index is 14.3. The number of rotatable bonds is 8. The second kappa shape index (κ2) is 9.22. The number of ether oxygens (including phenoxy) is 1. The van der Waals surface area contributed by atoms with Crippen molar-refractivity contribution >= 4 is 17.7 Å². The molecule has 2 aromatic rings. The summed E-state index contributed by atoms with van der Waals surface area (Å²) in [6.45, 7) is 2.03. The highest BCUT2D eigenvalue weighted by atomic mass is 32.2. The number of carbonyl (C=O) groups is 1. The Morgan fingerprint density at radius 2 is 2.15 bits per heavy atom. The lowest BCUT2D eigenvalue weighted by molar-refractivity contribution is -0.137. The lowest BCUT2D eigenvalue weighted by Gasteiger charge is -2.14. The molecule has 0 bridgehead atoms. The standard InChI is InChI=1S/C21H24FNO3S/c1-14(11-20(24)25)18-9-8-16(12-19(18)22)26-13-15-5-4-10-23-21(15)27-17-6-2-3-7-17/h4-5,8-10,12,14,17H,2-3,6-7,11,13H2,1H3,(H,24,25). The van der Waals surface area contributed by atoms with Crippen LogP contribution in [0.5, 0.6) is 5.75 Å². The Kier molecular flexibility index (Phi) is 6.72. The Morgan fingerprint density at radius 1 is 1.37 bits per heavy atom. The molecule has 0 radical (unpaired) electrons. The lowest BCUT2D eigenvalue weighted by atomic mass is 9.97. The van der Waals surface area contributed by atoms with E-state index in [1.54, 1.807) is 25.3 Å². The third-order valence-corrected chi connectivity index (χ3v) is 6.20. The zero-order chi connectivity index (χ0) is 19.2. The third-order valence-electron chi connectivity index (χ3n) is 4.81. The summed E-state index contributed by atoms with van der Waals surface area (Å²) in [6.07, 6.45) is 6.70. The van der Waals surface area contributed by atoms with Gasteiger partial charge in [0.1, 0.15) is 23.2 Å². The average molecular weight is 389 g/mol. The first kappa shape index (κ1) is 19.7. The van der Waals surface area contributed by atoms with Crippen LogP contribution in [0, 0.1) is 5.82 Å². The SMILES string of the molecule is CC(CC(=O)O)c1ccc(OCc2cccnc2SC2CCCC2)cc1F. The highest BCUT2D eigenvalue weighted by Gasteiger charge is 2.19. The van der Waals surface area contributed by atoms with Gasteiger partial charge in [-0.25, -0.2) is 9.37 Å². The quantitative estimate of drug-likeness (QED) is 0.654. The van der Waals surface area contributed by atoms with Gasteiger partial charge in [-0.3, -0.25) is 4.79 Å². The van der Waals surface area contributed by atoms with Gasteiger partial charge in [0, 0.05) is 23.1 Å². The van der Waals surface area contributed by atoms with Crippen molar-refractivity contribution in [2.24, 2.45) is 0 Å². The number of thioether (sulfide) groups is 1. The number of hydrogen-bond donors (Lipinski definition) is 1. The minimum absolute atomic E-state index is 0.103. The van der Waals surface area contributed by atoms with Crippen LogP contribution in [0.1, 0.15) is 56.1 Å². The highest BCUT2D eigenvalue weighted by Crippen LogP contribution is 2.35. The van der Waals surface area contributed by atoms with Gasteiger partial charge in [-0.15, -0.1) is 11.8 Å².